The Morgan fingerprint density at radius 3 is 2.48 bits per heavy atom. The summed E-state index contributed by atoms with van der Waals surface area (Å²) in [5.41, 5.74) is 1.26. The first kappa shape index (κ1) is 17.4. The molecule has 6 nitrogen and oxygen atoms in total. The predicted molar refractivity (Wildman–Crippen MR) is 96.7 cm³/mol. The lowest BCUT2D eigenvalue weighted by Crippen LogP contribution is -2.35. The Bertz CT molecular complexity index is 773. The smallest absolute Gasteiger partial charge is 0.269 e. The van der Waals surface area contributed by atoms with E-state index in [1.165, 1.54) is 12.1 Å². The van der Waals surface area contributed by atoms with Crippen LogP contribution in [0.1, 0.15) is 24.4 Å². The quantitative estimate of drug-likeness (QED) is 0.646. The molecule has 0 radical (unpaired) electrons. The second-order valence-electron chi connectivity index (χ2n) is 5.99. The number of nitrogens with one attached hydrogen (secondary N) is 1. The molecule has 2 aromatic rings. The average Bonchev–Trinajstić information content (AvgIpc) is 3.11. The number of rotatable bonds is 5. The summed E-state index contributed by atoms with van der Waals surface area (Å²) < 4.78 is 0. The van der Waals surface area contributed by atoms with E-state index in [9.17, 15) is 14.9 Å². The topological polar surface area (TPSA) is 75.5 Å². The Morgan fingerprint density at radius 2 is 1.84 bits per heavy atom. The van der Waals surface area contributed by atoms with Crippen molar-refractivity contribution < 1.29 is 9.72 Å². The van der Waals surface area contributed by atoms with Gasteiger partial charge in [0.2, 0.25) is 5.91 Å². The number of likely N-dealkylation sites (tertiary alicyclic amines) is 1. The molecule has 1 heterocycles. The number of amides is 1. The van der Waals surface area contributed by atoms with Crippen molar-refractivity contribution in [3.05, 3.63) is 69.2 Å². The molecule has 0 saturated carbocycles. The molecule has 1 amide bonds. The zero-order valence-corrected chi connectivity index (χ0v) is 14.3. The fourth-order valence-corrected chi connectivity index (χ4v) is 3.21. The van der Waals surface area contributed by atoms with E-state index in [0.717, 1.165) is 25.9 Å². The third kappa shape index (κ3) is 4.15. The molecule has 1 unspecified atom stereocenters. The van der Waals surface area contributed by atoms with E-state index in [4.69, 9.17) is 11.6 Å². The molecule has 1 N–H and O–H groups in total. The van der Waals surface area contributed by atoms with E-state index in [1.54, 1.807) is 36.4 Å². The molecule has 2 aromatic carbocycles. The van der Waals surface area contributed by atoms with Gasteiger partial charge in [0, 0.05) is 22.8 Å². The minimum atomic E-state index is -0.557. The number of carbonyl (C=O) groups is 1. The minimum absolute atomic E-state index is 0.0130. The van der Waals surface area contributed by atoms with E-state index in [1.807, 2.05) is 0 Å². The number of anilines is 1. The van der Waals surface area contributed by atoms with Gasteiger partial charge in [0.1, 0.15) is 6.04 Å². The molecule has 0 aromatic heterocycles. The van der Waals surface area contributed by atoms with Gasteiger partial charge in [-0.05, 0) is 55.8 Å². The molecule has 0 spiro atoms. The zero-order valence-electron chi connectivity index (χ0n) is 13.5. The summed E-state index contributed by atoms with van der Waals surface area (Å²) in [6.45, 7) is 1.59. The summed E-state index contributed by atoms with van der Waals surface area (Å²) in [6.07, 6.45) is 2.03. The largest absolute Gasteiger partial charge is 0.324 e. The normalized spacial score (nSPS) is 15.7. The average molecular weight is 360 g/mol. The Kier molecular flexibility index (Phi) is 5.31. The lowest BCUT2D eigenvalue weighted by Gasteiger charge is -2.26. The molecule has 1 aliphatic rings. The maximum Gasteiger partial charge on any atom is 0.269 e. The van der Waals surface area contributed by atoms with E-state index in [2.05, 4.69) is 10.2 Å². The maximum atomic E-state index is 12.9. The van der Waals surface area contributed by atoms with Gasteiger partial charge in [0.05, 0.1) is 4.92 Å². The van der Waals surface area contributed by atoms with Crippen LogP contribution in [0, 0.1) is 10.1 Å². The lowest BCUT2D eigenvalue weighted by atomic mass is 10.0. The van der Waals surface area contributed by atoms with E-state index < -0.39 is 11.0 Å². The van der Waals surface area contributed by atoms with Gasteiger partial charge >= 0.3 is 0 Å². The zero-order chi connectivity index (χ0) is 17.8. The Balaban J connectivity index is 1.89. The molecule has 0 bridgehead atoms. The highest BCUT2D eigenvalue weighted by Crippen LogP contribution is 2.29. The summed E-state index contributed by atoms with van der Waals surface area (Å²) in [5.74, 6) is -0.204. The predicted octanol–water partition coefficient (Wildman–Crippen LogP) is 4.02. The van der Waals surface area contributed by atoms with Crippen molar-refractivity contribution in [2.24, 2.45) is 0 Å². The van der Waals surface area contributed by atoms with Crippen molar-refractivity contribution in [1.29, 1.82) is 0 Å². The van der Waals surface area contributed by atoms with Crippen molar-refractivity contribution in [3.63, 3.8) is 0 Å². The fraction of sp³-hybridized carbons (Fsp3) is 0.278. The molecule has 130 valence electrons. The Morgan fingerprint density at radius 1 is 1.16 bits per heavy atom. The van der Waals surface area contributed by atoms with Crippen LogP contribution in [-0.2, 0) is 4.79 Å². The summed E-state index contributed by atoms with van der Waals surface area (Å²) in [5, 5.41) is 14.5. The number of benzene rings is 2. The SMILES string of the molecule is O=C(Nc1ccc(Cl)cc1)C(c1cccc([N+](=O)[O-])c1)N1CCCC1. The van der Waals surface area contributed by atoms with Gasteiger partial charge in [-0.25, -0.2) is 0 Å². The molecular formula is C18H18ClN3O3. The summed E-state index contributed by atoms with van der Waals surface area (Å²) in [4.78, 5) is 25.6. The van der Waals surface area contributed by atoms with Crippen LogP contribution < -0.4 is 5.32 Å². The molecule has 25 heavy (non-hydrogen) atoms. The molecule has 0 aliphatic carbocycles. The van der Waals surface area contributed by atoms with E-state index in [-0.39, 0.29) is 11.6 Å². The van der Waals surface area contributed by atoms with Crippen molar-refractivity contribution in [1.82, 2.24) is 4.90 Å². The lowest BCUT2D eigenvalue weighted by molar-refractivity contribution is -0.384. The number of carbonyl (C=O) groups excluding carboxylic acids is 1. The highest BCUT2D eigenvalue weighted by Gasteiger charge is 2.30. The molecule has 1 aliphatic heterocycles. The van der Waals surface area contributed by atoms with Crippen LogP contribution in [-0.4, -0.2) is 28.8 Å². The first-order chi connectivity index (χ1) is 12.0. The second kappa shape index (κ2) is 7.63. The number of nitrogens with zero attached hydrogens (tertiary/aromatic N) is 2. The Hall–Kier alpha value is -2.44. The first-order valence-corrected chi connectivity index (χ1v) is 8.47. The van der Waals surface area contributed by atoms with Crippen molar-refractivity contribution >= 4 is 28.9 Å². The van der Waals surface area contributed by atoms with Crippen LogP contribution in [0.15, 0.2) is 48.5 Å². The molecule has 1 fully saturated rings. The third-order valence-corrected chi connectivity index (χ3v) is 4.51. The summed E-state index contributed by atoms with van der Waals surface area (Å²) in [7, 11) is 0. The first-order valence-electron chi connectivity index (χ1n) is 8.09. The third-order valence-electron chi connectivity index (χ3n) is 4.26. The summed E-state index contributed by atoms with van der Waals surface area (Å²) in [6, 6.07) is 12.6. The molecule has 7 heteroatoms. The second-order valence-corrected chi connectivity index (χ2v) is 6.43. The van der Waals surface area contributed by atoms with Gasteiger partial charge in [-0.1, -0.05) is 23.7 Å². The summed E-state index contributed by atoms with van der Waals surface area (Å²) >= 11 is 5.87. The van der Waals surface area contributed by atoms with Crippen LogP contribution in [0.4, 0.5) is 11.4 Å². The van der Waals surface area contributed by atoms with Gasteiger partial charge in [-0.2, -0.15) is 0 Å². The van der Waals surface area contributed by atoms with Crippen molar-refractivity contribution in [3.8, 4) is 0 Å². The monoisotopic (exact) mass is 359 g/mol. The van der Waals surface area contributed by atoms with Gasteiger partial charge in [-0.3, -0.25) is 19.8 Å². The van der Waals surface area contributed by atoms with Gasteiger partial charge in [0.15, 0.2) is 0 Å². The highest BCUT2D eigenvalue weighted by atomic mass is 35.5. The fourth-order valence-electron chi connectivity index (χ4n) is 3.08. The number of hydrogen-bond acceptors (Lipinski definition) is 4. The van der Waals surface area contributed by atoms with E-state index in [0.29, 0.717) is 16.3 Å². The van der Waals surface area contributed by atoms with Crippen LogP contribution >= 0.6 is 11.6 Å². The van der Waals surface area contributed by atoms with Crippen LogP contribution in [0.3, 0.4) is 0 Å². The number of hydrogen-bond donors (Lipinski definition) is 1. The van der Waals surface area contributed by atoms with Gasteiger partial charge in [-0.15, -0.1) is 0 Å². The van der Waals surface area contributed by atoms with Gasteiger partial charge in [0.25, 0.3) is 5.69 Å². The number of nitro benzene ring substituents is 1. The van der Waals surface area contributed by atoms with Gasteiger partial charge < -0.3 is 5.32 Å². The van der Waals surface area contributed by atoms with Crippen LogP contribution in [0.5, 0.6) is 0 Å². The number of non-ortho nitro benzene ring substituents is 1. The number of nitro groups is 1. The van der Waals surface area contributed by atoms with E-state index >= 15 is 0 Å². The van der Waals surface area contributed by atoms with Crippen LogP contribution in [0.2, 0.25) is 5.02 Å². The number of halogens is 1. The van der Waals surface area contributed by atoms with Crippen LogP contribution in [0.25, 0.3) is 0 Å². The molecular weight excluding hydrogens is 342 g/mol. The Labute approximate surface area is 150 Å². The van der Waals surface area contributed by atoms with Crippen molar-refractivity contribution in [2.75, 3.05) is 18.4 Å². The maximum absolute atomic E-state index is 12.9. The standard InChI is InChI=1S/C18H18ClN3O3/c19-14-6-8-15(9-7-14)20-18(23)17(21-10-1-2-11-21)13-4-3-5-16(12-13)22(24)25/h3-9,12,17H,1-2,10-11H2,(H,20,23). The minimum Gasteiger partial charge on any atom is -0.324 e. The highest BCUT2D eigenvalue weighted by molar-refractivity contribution is 6.30. The molecule has 1 saturated heterocycles. The molecule has 3 rings (SSSR count). The molecule has 1 atom stereocenters. The van der Waals surface area contributed by atoms with Crippen molar-refractivity contribution in [2.45, 2.75) is 18.9 Å².